The van der Waals surface area contributed by atoms with Crippen LogP contribution < -0.4 is 10.6 Å². The van der Waals surface area contributed by atoms with Crippen molar-refractivity contribution in [3.8, 4) is 11.3 Å². The Balaban J connectivity index is 1.22. The number of pyridine rings is 1. The number of nitrogens with zero attached hydrogens (tertiary/aromatic N) is 3. The third kappa shape index (κ3) is 6.79. The molecule has 3 aromatic rings. The Labute approximate surface area is 209 Å². The number of nitrogens with one attached hydrogen (secondary N) is 2. The van der Waals surface area contributed by atoms with E-state index in [1.807, 2.05) is 0 Å². The van der Waals surface area contributed by atoms with E-state index in [4.69, 9.17) is 9.72 Å². The van der Waals surface area contributed by atoms with Crippen LogP contribution in [0.3, 0.4) is 0 Å². The lowest BCUT2D eigenvalue weighted by atomic mass is 10.0. The molecule has 2 aliphatic heterocycles. The first kappa shape index (κ1) is 24.2. The minimum atomic E-state index is 0.857. The van der Waals surface area contributed by atoms with Gasteiger partial charge in [0.05, 0.1) is 24.4 Å². The predicted molar refractivity (Wildman–Crippen MR) is 145 cm³/mol. The van der Waals surface area contributed by atoms with Crippen molar-refractivity contribution in [2.24, 2.45) is 0 Å². The number of aromatic nitrogens is 1. The van der Waals surface area contributed by atoms with Gasteiger partial charge in [0.1, 0.15) is 0 Å². The van der Waals surface area contributed by atoms with Crippen molar-refractivity contribution in [1.82, 2.24) is 20.1 Å². The summed E-state index contributed by atoms with van der Waals surface area (Å²) in [6.07, 6.45) is 3.88. The van der Waals surface area contributed by atoms with Gasteiger partial charge in [-0.3, -0.25) is 4.90 Å². The lowest BCUT2D eigenvalue weighted by Crippen LogP contribution is -2.40. The van der Waals surface area contributed by atoms with Crippen LogP contribution in [0, 0.1) is 0 Å². The van der Waals surface area contributed by atoms with Crippen LogP contribution in [-0.4, -0.2) is 80.4 Å². The van der Waals surface area contributed by atoms with Gasteiger partial charge >= 0.3 is 0 Å². The van der Waals surface area contributed by atoms with E-state index in [0.29, 0.717) is 0 Å². The Morgan fingerprint density at radius 2 is 1.66 bits per heavy atom. The Hall–Kier alpha value is -2.51. The van der Waals surface area contributed by atoms with Gasteiger partial charge in [-0.1, -0.05) is 36.4 Å². The van der Waals surface area contributed by atoms with Crippen LogP contribution in [0.25, 0.3) is 22.2 Å². The monoisotopic (exact) mass is 473 g/mol. The lowest BCUT2D eigenvalue weighted by Gasteiger charge is -2.26. The van der Waals surface area contributed by atoms with E-state index in [9.17, 15) is 0 Å². The smallest absolute Gasteiger partial charge is 0.0730 e. The molecule has 0 spiro atoms. The van der Waals surface area contributed by atoms with Gasteiger partial charge in [0, 0.05) is 55.9 Å². The summed E-state index contributed by atoms with van der Waals surface area (Å²) in [6, 6.07) is 19.5. The predicted octanol–water partition coefficient (Wildman–Crippen LogP) is 4.22. The highest BCUT2D eigenvalue weighted by atomic mass is 16.5. The van der Waals surface area contributed by atoms with Crippen LogP contribution in [0.1, 0.15) is 24.8 Å². The molecule has 3 heterocycles. The molecule has 0 radical (unpaired) electrons. The van der Waals surface area contributed by atoms with Crippen LogP contribution in [0.4, 0.5) is 5.69 Å². The summed E-state index contributed by atoms with van der Waals surface area (Å²) in [5, 5.41) is 8.52. The normalized spacial score (nSPS) is 17.3. The highest BCUT2D eigenvalue weighted by molar-refractivity contribution is 5.93. The molecule has 2 N–H and O–H groups in total. The Kier molecular flexibility index (Phi) is 8.61. The first-order valence-corrected chi connectivity index (χ1v) is 13.3. The maximum Gasteiger partial charge on any atom is 0.0730 e. The lowest BCUT2D eigenvalue weighted by molar-refractivity contribution is 0.0384. The summed E-state index contributed by atoms with van der Waals surface area (Å²) in [7, 11) is 0. The maximum absolute atomic E-state index is 5.44. The molecule has 6 heteroatoms. The van der Waals surface area contributed by atoms with Crippen LogP contribution in [0.15, 0.2) is 54.6 Å². The summed E-state index contributed by atoms with van der Waals surface area (Å²) in [4.78, 5) is 10.1. The number of ether oxygens (including phenoxy) is 1. The van der Waals surface area contributed by atoms with Crippen molar-refractivity contribution in [2.75, 3.05) is 70.9 Å². The van der Waals surface area contributed by atoms with Gasteiger partial charge in [0.2, 0.25) is 0 Å². The number of anilines is 1. The fourth-order valence-corrected chi connectivity index (χ4v) is 5.14. The Bertz CT molecular complexity index is 1080. The van der Waals surface area contributed by atoms with E-state index in [-0.39, 0.29) is 0 Å². The van der Waals surface area contributed by atoms with Crippen molar-refractivity contribution in [3.05, 3.63) is 60.2 Å². The van der Waals surface area contributed by atoms with Crippen molar-refractivity contribution in [2.45, 2.75) is 25.8 Å². The van der Waals surface area contributed by atoms with E-state index in [0.717, 1.165) is 70.1 Å². The number of para-hydroxylation sites is 1. The molecule has 5 rings (SSSR count). The first-order valence-electron chi connectivity index (χ1n) is 13.3. The fourth-order valence-electron chi connectivity index (χ4n) is 5.14. The molecule has 2 fully saturated rings. The van der Waals surface area contributed by atoms with Gasteiger partial charge in [-0.25, -0.2) is 4.98 Å². The summed E-state index contributed by atoms with van der Waals surface area (Å²) in [6.45, 7) is 11.4. The average molecular weight is 474 g/mol. The van der Waals surface area contributed by atoms with Crippen LogP contribution in [0.2, 0.25) is 0 Å². The zero-order chi connectivity index (χ0) is 23.7. The number of hydrogen-bond donors (Lipinski definition) is 2. The summed E-state index contributed by atoms with van der Waals surface area (Å²) in [5.74, 6) is 0. The number of benzene rings is 2. The minimum absolute atomic E-state index is 0.857. The van der Waals surface area contributed by atoms with E-state index >= 15 is 0 Å². The molecule has 0 amide bonds. The third-order valence-electron chi connectivity index (χ3n) is 7.14. The molecule has 0 aliphatic carbocycles. The quantitative estimate of drug-likeness (QED) is 0.407. The number of rotatable bonds is 11. The molecule has 2 saturated heterocycles. The molecule has 186 valence electrons. The second-order valence-corrected chi connectivity index (χ2v) is 9.73. The van der Waals surface area contributed by atoms with Gasteiger partial charge < -0.3 is 20.3 Å². The number of fused-ring (bicyclic) bond motifs is 1. The van der Waals surface area contributed by atoms with Crippen LogP contribution in [-0.2, 0) is 11.3 Å². The molecular weight excluding hydrogens is 434 g/mol. The van der Waals surface area contributed by atoms with Crippen molar-refractivity contribution in [3.63, 3.8) is 0 Å². The highest BCUT2D eigenvalue weighted by Crippen LogP contribution is 2.29. The Morgan fingerprint density at radius 3 is 2.54 bits per heavy atom. The van der Waals surface area contributed by atoms with Crippen LogP contribution in [0.5, 0.6) is 0 Å². The average Bonchev–Trinajstić information content (AvgIpc) is 3.43. The van der Waals surface area contributed by atoms with E-state index in [1.54, 1.807) is 0 Å². The molecule has 35 heavy (non-hydrogen) atoms. The zero-order valence-electron chi connectivity index (χ0n) is 20.8. The van der Waals surface area contributed by atoms with Crippen molar-refractivity contribution in [1.29, 1.82) is 0 Å². The molecule has 0 saturated carbocycles. The highest BCUT2D eigenvalue weighted by Gasteiger charge is 2.12. The molecule has 6 nitrogen and oxygen atoms in total. The third-order valence-corrected chi connectivity index (χ3v) is 7.14. The second-order valence-electron chi connectivity index (χ2n) is 9.73. The number of morpholine rings is 1. The van der Waals surface area contributed by atoms with Crippen molar-refractivity contribution >= 4 is 16.6 Å². The summed E-state index contributed by atoms with van der Waals surface area (Å²) < 4.78 is 5.44. The molecular formula is C29H39N5O. The number of hydrogen-bond acceptors (Lipinski definition) is 6. The summed E-state index contributed by atoms with van der Waals surface area (Å²) in [5.41, 5.74) is 5.71. The van der Waals surface area contributed by atoms with Crippen LogP contribution >= 0.6 is 0 Å². The molecule has 2 aromatic carbocycles. The molecule has 0 bridgehead atoms. The van der Waals surface area contributed by atoms with E-state index in [2.05, 4.69) is 75.0 Å². The molecule has 2 aliphatic rings. The standard InChI is InChI=1S/C29H39N5O/c1-2-10-27-26(9-1)29(31-11-6-15-33-13-3-4-14-33)22-28(32-27)25-8-5-7-24(21-25)23-30-12-16-34-17-19-35-20-18-34/h1-2,5,7-10,21-22,30H,3-4,6,11-20,23H2,(H,31,32). The van der Waals surface area contributed by atoms with Gasteiger partial charge in [-0.2, -0.15) is 0 Å². The molecule has 1 aromatic heterocycles. The number of likely N-dealkylation sites (tertiary alicyclic amines) is 1. The van der Waals surface area contributed by atoms with E-state index in [1.165, 1.54) is 54.7 Å². The minimum Gasteiger partial charge on any atom is -0.384 e. The fraction of sp³-hybridized carbons (Fsp3) is 0.483. The Morgan fingerprint density at radius 1 is 0.829 bits per heavy atom. The van der Waals surface area contributed by atoms with Gasteiger partial charge in [0.15, 0.2) is 0 Å². The van der Waals surface area contributed by atoms with Crippen molar-refractivity contribution < 1.29 is 4.74 Å². The van der Waals surface area contributed by atoms with Gasteiger partial charge in [-0.15, -0.1) is 0 Å². The second kappa shape index (κ2) is 12.5. The van der Waals surface area contributed by atoms with Gasteiger partial charge in [-0.05, 0) is 62.7 Å². The molecule has 0 atom stereocenters. The largest absolute Gasteiger partial charge is 0.384 e. The van der Waals surface area contributed by atoms with E-state index < -0.39 is 0 Å². The summed E-state index contributed by atoms with van der Waals surface area (Å²) >= 11 is 0. The SMILES string of the molecule is c1cc(CNCCN2CCOCC2)cc(-c2cc(NCCCN3CCCC3)c3ccccc3n2)c1. The maximum atomic E-state index is 5.44. The van der Waals surface area contributed by atoms with Gasteiger partial charge in [0.25, 0.3) is 0 Å². The topological polar surface area (TPSA) is 52.7 Å². The zero-order valence-corrected chi connectivity index (χ0v) is 20.8. The first-order chi connectivity index (χ1) is 17.3. The molecule has 0 unspecified atom stereocenters.